The van der Waals surface area contributed by atoms with Gasteiger partial charge in [0, 0.05) is 5.56 Å². The second kappa shape index (κ2) is 9.50. The Bertz CT molecular complexity index is 873. The predicted octanol–water partition coefficient (Wildman–Crippen LogP) is 5.56. The fraction of sp³-hybridized carbons (Fsp3) is 0.375. The van der Waals surface area contributed by atoms with Gasteiger partial charge in [0.25, 0.3) is 0 Å². The molecule has 5 nitrogen and oxygen atoms in total. The van der Waals surface area contributed by atoms with Crippen molar-refractivity contribution in [3.05, 3.63) is 70.8 Å². The third-order valence-corrected chi connectivity index (χ3v) is 5.35. The molecule has 156 valence electrons. The highest BCUT2D eigenvalue weighted by atomic mass is 16.7. The van der Waals surface area contributed by atoms with Crippen LogP contribution in [-0.4, -0.2) is 24.0 Å². The summed E-state index contributed by atoms with van der Waals surface area (Å²) in [6.45, 7) is 11.7. The molecule has 1 unspecified atom stereocenters. The smallest absolute Gasteiger partial charge is 0.507 e. The van der Waals surface area contributed by atoms with Gasteiger partial charge in [-0.15, -0.1) is 0 Å². The Morgan fingerprint density at radius 3 is 2.38 bits per heavy atom. The number of benzene rings is 2. The first-order valence-corrected chi connectivity index (χ1v) is 9.61. The lowest BCUT2D eigenvalue weighted by molar-refractivity contribution is 0.00497. The van der Waals surface area contributed by atoms with Gasteiger partial charge in [0.2, 0.25) is 0 Å². The molecule has 5 heteroatoms. The van der Waals surface area contributed by atoms with Crippen molar-refractivity contribution in [1.82, 2.24) is 0 Å². The van der Waals surface area contributed by atoms with Gasteiger partial charge in [0.05, 0.1) is 7.11 Å². The topological polar surface area (TPSA) is 65.0 Å². The van der Waals surface area contributed by atoms with Gasteiger partial charge in [-0.05, 0) is 68.9 Å². The van der Waals surface area contributed by atoms with Crippen LogP contribution in [0.3, 0.4) is 0 Å². The first-order chi connectivity index (χ1) is 13.7. The number of methoxy groups -OCH3 is 1. The molecule has 0 radical (unpaired) electrons. The van der Waals surface area contributed by atoms with E-state index in [1.54, 1.807) is 13.0 Å². The molecule has 0 bridgehead atoms. The summed E-state index contributed by atoms with van der Waals surface area (Å²) in [6, 6.07) is 9.94. The maximum Gasteiger partial charge on any atom is 0.508 e. The molecule has 2 rings (SSSR count). The Kier molecular flexibility index (Phi) is 7.32. The van der Waals surface area contributed by atoms with Crippen molar-refractivity contribution in [2.75, 3.05) is 7.11 Å². The number of phenols is 1. The number of hydrogen-bond donors (Lipinski definition) is 1. The molecule has 0 saturated heterocycles. The monoisotopic (exact) mass is 398 g/mol. The molecule has 0 amide bonds. The Hall–Kier alpha value is -2.95. The molecule has 0 aliphatic heterocycles. The van der Waals surface area contributed by atoms with E-state index in [2.05, 4.69) is 11.3 Å². The van der Waals surface area contributed by atoms with E-state index in [1.165, 1.54) is 7.11 Å². The molecule has 0 aliphatic carbocycles. The number of rotatable bonds is 8. The normalized spacial score (nSPS) is 12.7. The van der Waals surface area contributed by atoms with Crippen LogP contribution in [-0.2, 0) is 22.5 Å². The number of phenolic OH excluding ortho intramolecular Hbond substituents is 1. The number of carbonyl (C=O) groups is 1. The van der Waals surface area contributed by atoms with Crippen molar-refractivity contribution in [1.29, 1.82) is 0 Å². The van der Waals surface area contributed by atoms with E-state index < -0.39 is 11.8 Å². The fourth-order valence-corrected chi connectivity index (χ4v) is 3.22. The molecular weight excluding hydrogens is 368 g/mol. The van der Waals surface area contributed by atoms with E-state index in [4.69, 9.17) is 9.47 Å². The van der Waals surface area contributed by atoms with Gasteiger partial charge in [-0.25, -0.2) is 4.79 Å². The van der Waals surface area contributed by atoms with Crippen LogP contribution in [0.1, 0.15) is 41.2 Å². The third-order valence-electron chi connectivity index (χ3n) is 5.35. The Morgan fingerprint density at radius 2 is 1.79 bits per heavy atom. The van der Waals surface area contributed by atoms with Crippen molar-refractivity contribution in [3.63, 3.8) is 0 Å². The molecule has 0 spiro atoms. The summed E-state index contributed by atoms with van der Waals surface area (Å²) in [5.41, 5.74) is 3.52. The molecule has 29 heavy (non-hydrogen) atoms. The maximum atomic E-state index is 11.5. The zero-order valence-electron chi connectivity index (χ0n) is 17.9. The molecule has 2 aromatic rings. The van der Waals surface area contributed by atoms with Gasteiger partial charge in [-0.3, -0.25) is 0 Å². The largest absolute Gasteiger partial charge is 0.508 e. The third kappa shape index (κ3) is 5.31. The van der Waals surface area contributed by atoms with E-state index in [0.717, 1.165) is 33.6 Å². The van der Waals surface area contributed by atoms with E-state index >= 15 is 0 Å². The number of hydrogen-bond acceptors (Lipinski definition) is 5. The van der Waals surface area contributed by atoms with Crippen LogP contribution in [0.2, 0.25) is 0 Å². The average Bonchev–Trinajstić information content (AvgIpc) is 2.72. The highest BCUT2D eigenvalue weighted by Crippen LogP contribution is 2.39. The van der Waals surface area contributed by atoms with E-state index in [0.29, 0.717) is 19.4 Å². The molecule has 1 N–H and O–H groups in total. The van der Waals surface area contributed by atoms with E-state index in [9.17, 15) is 9.90 Å². The average molecular weight is 398 g/mol. The minimum atomic E-state index is -0.907. The second-order valence-electron chi connectivity index (χ2n) is 7.38. The highest BCUT2D eigenvalue weighted by molar-refractivity contribution is 5.61. The van der Waals surface area contributed by atoms with Crippen molar-refractivity contribution in [3.8, 4) is 11.5 Å². The zero-order chi connectivity index (χ0) is 21.6. The number of aromatic hydroxyl groups is 1. The summed E-state index contributed by atoms with van der Waals surface area (Å²) in [4.78, 5) is 11.5. The van der Waals surface area contributed by atoms with Crippen LogP contribution in [0.5, 0.6) is 11.5 Å². The first-order valence-electron chi connectivity index (χ1n) is 9.61. The van der Waals surface area contributed by atoms with E-state index in [-0.39, 0.29) is 5.75 Å². The van der Waals surface area contributed by atoms with Crippen molar-refractivity contribution in [2.45, 2.75) is 52.7 Å². The Balaban J connectivity index is 2.28. The van der Waals surface area contributed by atoms with Gasteiger partial charge in [-0.2, -0.15) is 0 Å². The summed E-state index contributed by atoms with van der Waals surface area (Å²) in [5, 5.41) is 10.8. The number of carbonyl (C=O) groups excluding carboxylic acids is 1. The predicted molar refractivity (Wildman–Crippen MR) is 114 cm³/mol. The standard InChI is InChI=1S/C24H30O5/c1-7-24(5,29-23(26)27-6)14-13-20-18(4)22(17(3)16(2)21(20)25)28-15-19-11-9-8-10-12-19/h7-12,25H,1,13-15H2,2-6H3. The van der Waals surface area contributed by atoms with E-state index in [1.807, 2.05) is 51.1 Å². The molecule has 0 fully saturated rings. The van der Waals surface area contributed by atoms with Crippen molar-refractivity contribution >= 4 is 6.16 Å². The lowest BCUT2D eigenvalue weighted by atomic mass is 9.90. The minimum Gasteiger partial charge on any atom is -0.507 e. The van der Waals surface area contributed by atoms with Crippen LogP contribution in [0.4, 0.5) is 4.79 Å². The SMILES string of the molecule is C=CC(C)(CCc1c(C)c(OCc2ccccc2)c(C)c(C)c1O)OC(=O)OC. The summed E-state index contributed by atoms with van der Waals surface area (Å²) in [6.07, 6.45) is 1.74. The quantitative estimate of drug-likeness (QED) is 0.466. The molecule has 2 aromatic carbocycles. The van der Waals surface area contributed by atoms with Crippen molar-refractivity contribution < 1.29 is 24.1 Å². The molecule has 0 aromatic heterocycles. The van der Waals surface area contributed by atoms with Crippen molar-refractivity contribution in [2.24, 2.45) is 0 Å². The Labute approximate surface area is 172 Å². The van der Waals surface area contributed by atoms with Crippen LogP contribution in [0.25, 0.3) is 0 Å². The summed E-state index contributed by atoms with van der Waals surface area (Å²) in [7, 11) is 1.27. The summed E-state index contributed by atoms with van der Waals surface area (Å²) < 4.78 is 16.1. The zero-order valence-corrected chi connectivity index (χ0v) is 17.9. The lowest BCUT2D eigenvalue weighted by Crippen LogP contribution is -2.30. The summed E-state index contributed by atoms with van der Waals surface area (Å²) >= 11 is 0. The molecule has 0 heterocycles. The minimum absolute atomic E-state index is 0.247. The first kappa shape index (κ1) is 22.3. The lowest BCUT2D eigenvalue weighted by Gasteiger charge is -2.26. The van der Waals surface area contributed by atoms with Crippen LogP contribution in [0.15, 0.2) is 43.0 Å². The highest BCUT2D eigenvalue weighted by Gasteiger charge is 2.27. The van der Waals surface area contributed by atoms with Gasteiger partial charge in [0.1, 0.15) is 23.7 Å². The van der Waals surface area contributed by atoms with Gasteiger partial charge < -0.3 is 19.3 Å². The molecule has 0 aliphatic rings. The molecular formula is C24H30O5. The Morgan fingerprint density at radius 1 is 1.14 bits per heavy atom. The summed E-state index contributed by atoms with van der Waals surface area (Å²) in [5.74, 6) is 1.02. The fourth-order valence-electron chi connectivity index (χ4n) is 3.22. The second-order valence-corrected chi connectivity index (χ2v) is 7.38. The van der Waals surface area contributed by atoms with Gasteiger partial charge in [-0.1, -0.05) is 36.9 Å². The number of ether oxygens (including phenoxy) is 3. The maximum absolute atomic E-state index is 11.5. The van der Waals surface area contributed by atoms with Gasteiger partial charge >= 0.3 is 6.16 Å². The van der Waals surface area contributed by atoms with Crippen LogP contribution in [0, 0.1) is 20.8 Å². The van der Waals surface area contributed by atoms with Crippen LogP contribution >= 0.6 is 0 Å². The molecule has 1 atom stereocenters. The molecule has 0 saturated carbocycles. The van der Waals surface area contributed by atoms with Crippen LogP contribution < -0.4 is 4.74 Å². The van der Waals surface area contributed by atoms with Gasteiger partial charge in [0.15, 0.2) is 0 Å².